The molecule has 0 radical (unpaired) electrons. The van der Waals surface area contributed by atoms with Gasteiger partial charge in [0.15, 0.2) is 0 Å². The van der Waals surface area contributed by atoms with Gasteiger partial charge in [-0.1, -0.05) is 18.2 Å². The minimum absolute atomic E-state index is 0.101. The highest BCUT2D eigenvalue weighted by atomic mass is 16.1. The van der Waals surface area contributed by atoms with Crippen LogP contribution in [0.5, 0.6) is 0 Å². The third-order valence-electron chi connectivity index (χ3n) is 4.29. The van der Waals surface area contributed by atoms with Crippen LogP contribution in [0, 0.1) is 11.3 Å². The van der Waals surface area contributed by atoms with E-state index in [2.05, 4.69) is 11.4 Å². The van der Waals surface area contributed by atoms with Gasteiger partial charge in [0.25, 0.3) is 5.56 Å². The molecule has 27 heavy (non-hydrogen) atoms. The maximum Gasteiger partial charge on any atom is 0.250 e. The zero-order valence-electron chi connectivity index (χ0n) is 15.1. The number of carbonyl (C=O) groups excluding carboxylic acids is 1. The van der Waals surface area contributed by atoms with E-state index in [1.54, 1.807) is 18.3 Å². The zero-order valence-corrected chi connectivity index (χ0v) is 15.1. The van der Waals surface area contributed by atoms with Gasteiger partial charge < -0.3 is 14.5 Å². The van der Waals surface area contributed by atoms with Crippen molar-refractivity contribution in [2.24, 2.45) is 0 Å². The van der Waals surface area contributed by atoms with E-state index < -0.39 is 0 Å². The fourth-order valence-corrected chi connectivity index (χ4v) is 2.97. The molecule has 0 fully saturated rings. The number of aromatic nitrogens is 2. The van der Waals surface area contributed by atoms with Crippen molar-refractivity contribution in [2.45, 2.75) is 26.4 Å². The fourth-order valence-electron chi connectivity index (χ4n) is 2.97. The maximum atomic E-state index is 12.3. The third kappa shape index (κ3) is 4.15. The third-order valence-corrected chi connectivity index (χ3v) is 4.29. The molecule has 0 aliphatic carbocycles. The predicted octanol–water partition coefficient (Wildman–Crippen LogP) is 3.39. The number of fused-ring (bicyclic) bond motifs is 1. The van der Waals surface area contributed by atoms with Crippen molar-refractivity contribution in [3.63, 3.8) is 0 Å². The van der Waals surface area contributed by atoms with Crippen molar-refractivity contribution in [1.82, 2.24) is 9.13 Å². The van der Waals surface area contributed by atoms with E-state index in [0.717, 1.165) is 16.5 Å². The van der Waals surface area contributed by atoms with Crippen LogP contribution in [0.4, 0.5) is 5.69 Å². The molecule has 1 N–H and O–H groups in total. The first kappa shape index (κ1) is 18.2. The van der Waals surface area contributed by atoms with Crippen molar-refractivity contribution in [2.75, 3.05) is 5.32 Å². The van der Waals surface area contributed by atoms with E-state index in [9.17, 15) is 9.59 Å². The summed E-state index contributed by atoms with van der Waals surface area (Å²) in [5.41, 5.74) is 2.42. The maximum absolute atomic E-state index is 12.3. The van der Waals surface area contributed by atoms with E-state index in [-0.39, 0.29) is 11.5 Å². The molecule has 0 aliphatic heterocycles. The van der Waals surface area contributed by atoms with Gasteiger partial charge in [-0.25, -0.2) is 0 Å². The topological polar surface area (TPSA) is 79.8 Å². The number of nitriles is 1. The quantitative estimate of drug-likeness (QED) is 0.684. The van der Waals surface area contributed by atoms with Gasteiger partial charge in [-0.2, -0.15) is 5.26 Å². The smallest absolute Gasteiger partial charge is 0.250 e. The van der Waals surface area contributed by atoms with E-state index in [0.29, 0.717) is 25.2 Å². The number of para-hydroxylation sites is 1. The molecular weight excluding hydrogens is 340 g/mol. The number of hydrogen-bond acceptors (Lipinski definition) is 3. The molecule has 136 valence electrons. The molecule has 0 atom stereocenters. The molecule has 0 aliphatic rings. The van der Waals surface area contributed by atoms with E-state index >= 15 is 0 Å². The number of nitrogens with one attached hydrogen (secondary N) is 1. The summed E-state index contributed by atoms with van der Waals surface area (Å²) in [4.78, 5) is 23.9. The lowest BCUT2D eigenvalue weighted by molar-refractivity contribution is -0.111. The summed E-state index contributed by atoms with van der Waals surface area (Å²) in [6.07, 6.45) is 7.23. The monoisotopic (exact) mass is 360 g/mol. The molecule has 0 spiro atoms. The number of benzene rings is 1. The number of pyridine rings is 1. The summed E-state index contributed by atoms with van der Waals surface area (Å²) in [6.45, 7) is 3.02. The summed E-state index contributed by atoms with van der Waals surface area (Å²) in [7, 11) is 0. The Kier molecular flexibility index (Phi) is 5.53. The van der Waals surface area contributed by atoms with Crippen molar-refractivity contribution in [3.05, 3.63) is 70.8 Å². The summed E-state index contributed by atoms with van der Waals surface area (Å²) in [5, 5.41) is 12.6. The van der Waals surface area contributed by atoms with Gasteiger partial charge in [-0.15, -0.1) is 0 Å². The van der Waals surface area contributed by atoms with E-state index in [1.807, 2.05) is 42.0 Å². The van der Waals surface area contributed by atoms with Crippen molar-refractivity contribution < 1.29 is 4.79 Å². The lowest BCUT2D eigenvalue weighted by Crippen LogP contribution is -2.19. The van der Waals surface area contributed by atoms with Crippen LogP contribution in [0.1, 0.15) is 18.9 Å². The van der Waals surface area contributed by atoms with Crippen LogP contribution in [0.25, 0.3) is 17.0 Å². The Morgan fingerprint density at radius 1 is 1.19 bits per heavy atom. The van der Waals surface area contributed by atoms with Crippen LogP contribution in [-0.4, -0.2) is 15.0 Å². The molecule has 3 aromatic rings. The minimum Gasteiger partial charge on any atom is -0.346 e. The van der Waals surface area contributed by atoms with Crippen LogP contribution in [-0.2, 0) is 17.9 Å². The molecule has 0 bridgehead atoms. The van der Waals surface area contributed by atoms with Crippen molar-refractivity contribution in [1.29, 1.82) is 5.26 Å². The number of nitrogens with zero attached hydrogens (tertiary/aromatic N) is 3. The predicted molar refractivity (Wildman–Crippen MR) is 106 cm³/mol. The summed E-state index contributed by atoms with van der Waals surface area (Å²) in [5.74, 6) is -0.273. The molecule has 0 saturated heterocycles. The van der Waals surface area contributed by atoms with Crippen LogP contribution in [0.15, 0.2) is 59.7 Å². The minimum atomic E-state index is -0.273. The number of anilines is 1. The highest BCUT2D eigenvalue weighted by Gasteiger charge is 2.06. The Morgan fingerprint density at radius 3 is 2.78 bits per heavy atom. The van der Waals surface area contributed by atoms with E-state index in [1.165, 1.54) is 16.7 Å². The molecule has 1 amide bonds. The molecule has 2 aromatic heterocycles. The Labute approximate surface area is 157 Å². The van der Waals surface area contributed by atoms with Gasteiger partial charge in [0.1, 0.15) is 0 Å². The van der Waals surface area contributed by atoms with Crippen LogP contribution < -0.4 is 10.9 Å². The molecule has 2 heterocycles. The first-order valence-electron chi connectivity index (χ1n) is 8.76. The number of carbonyl (C=O) groups is 1. The second kappa shape index (κ2) is 8.19. The molecule has 0 saturated carbocycles. The molecular formula is C21H20N4O2. The number of hydrogen-bond donors (Lipinski definition) is 1. The molecule has 6 heteroatoms. The van der Waals surface area contributed by atoms with Gasteiger partial charge in [-0.05, 0) is 25.1 Å². The van der Waals surface area contributed by atoms with Crippen LogP contribution >= 0.6 is 0 Å². The fraction of sp³-hybridized carbons (Fsp3) is 0.190. The highest BCUT2D eigenvalue weighted by Crippen LogP contribution is 2.22. The zero-order chi connectivity index (χ0) is 19.2. The number of amides is 1. The van der Waals surface area contributed by atoms with E-state index in [4.69, 9.17) is 5.26 Å². The average molecular weight is 360 g/mol. The molecule has 0 unspecified atom stereocenters. The van der Waals surface area contributed by atoms with Crippen molar-refractivity contribution >= 4 is 28.6 Å². The standard InChI is InChI=1S/C21H20N4O2/c1-2-24-15-17(9-11-21(24)27)23-20(26)10-8-16-14-25(13-5-12-22)19-7-4-3-6-18(16)19/h3-4,6-11,14-15H,2,5,13H2,1H3,(H,23,26). The van der Waals surface area contributed by atoms with Crippen molar-refractivity contribution in [3.8, 4) is 6.07 Å². The van der Waals surface area contributed by atoms with Gasteiger partial charge in [0, 0.05) is 54.1 Å². The molecule has 1 aromatic carbocycles. The first-order chi connectivity index (χ1) is 13.1. The molecule has 3 rings (SSSR count). The van der Waals surface area contributed by atoms with Gasteiger partial charge in [-0.3, -0.25) is 9.59 Å². The molecule has 6 nitrogen and oxygen atoms in total. The SMILES string of the molecule is CCn1cc(NC(=O)C=Cc2cn(CCC#N)c3ccccc23)ccc1=O. The van der Waals surface area contributed by atoms with Gasteiger partial charge in [0.2, 0.25) is 5.91 Å². The Hall–Kier alpha value is -3.59. The summed E-state index contributed by atoms with van der Waals surface area (Å²) in [6, 6.07) is 13.1. The summed E-state index contributed by atoms with van der Waals surface area (Å²) >= 11 is 0. The number of aryl methyl sites for hydroxylation is 2. The van der Waals surface area contributed by atoms with Crippen LogP contribution in [0.2, 0.25) is 0 Å². The Balaban J connectivity index is 1.80. The first-order valence-corrected chi connectivity index (χ1v) is 8.76. The normalized spacial score (nSPS) is 11.0. The van der Waals surface area contributed by atoms with Crippen LogP contribution in [0.3, 0.4) is 0 Å². The Bertz CT molecular complexity index is 1100. The number of rotatable bonds is 6. The second-order valence-electron chi connectivity index (χ2n) is 6.07. The van der Waals surface area contributed by atoms with Gasteiger partial charge >= 0.3 is 0 Å². The lowest BCUT2D eigenvalue weighted by atomic mass is 10.1. The highest BCUT2D eigenvalue weighted by molar-refractivity contribution is 6.03. The average Bonchev–Trinajstić information content (AvgIpc) is 3.04. The lowest BCUT2D eigenvalue weighted by Gasteiger charge is -2.05. The second-order valence-corrected chi connectivity index (χ2v) is 6.07. The Morgan fingerprint density at radius 2 is 2.00 bits per heavy atom. The van der Waals surface area contributed by atoms with Gasteiger partial charge in [0.05, 0.1) is 18.2 Å². The largest absolute Gasteiger partial charge is 0.346 e. The summed E-state index contributed by atoms with van der Waals surface area (Å²) < 4.78 is 3.55.